The molecule has 1 aliphatic heterocycles. The minimum absolute atomic E-state index is 0.0242. The first-order chi connectivity index (χ1) is 17.7. The van der Waals surface area contributed by atoms with Gasteiger partial charge in [0.05, 0.1) is 17.0 Å². The van der Waals surface area contributed by atoms with E-state index in [9.17, 15) is 13.2 Å². The molecule has 0 spiro atoms. The van der Waals surface area contributed by atoms with E-state index in [1.165, 1.54) is 42.1 Å². The Hall–Kier alpha value is -3.07. The summed E-state index contributed by atoms with van der Waals surface area (Å²) >= 11 is 6.17. The zero-order chi connectivity index (χ0) is 26.6. The van der Waals surface area contributed by atoms with Crippen LogP contribution in [0.1, 0.15) is 16.7 Å². The van der Waals surface area contributed by atoms with Crippen LogP contribution in [0.15, 0.2) is 71.6 Å². The lowest BCUT2D eigenvalue weighted by atomic mass is 10.0. The molecule has 0 radical (unpaired) electrons. The average Bonchev–Trinajstić information content (AvgIpc) is 2.90. The van der Waals surface area contributed by atoms with Crippen LogP contribution in [0.25, 0.3) is 0 Å². The number of amides is 1. The number of halogens is 1. The Bertz CT molecular complexity index is 1360. The SMILES string of the molecule is COc1ccc(S(=O)(=O)N[C@@H](Cc2ccccc2)C(=O)N2CCN(c3cccc(C)c3C)CC2)cc1Cl. The molecule has 1 fully saturated rings. The van der Waals surface area contributed by atoms with Crippen molar-refractivity contribution in [2.45, 2.75) is 31.2 Å². The summed E-state index contributed by atoms with van der Waals surface area (Å²) in [5.41, 5.74) is 4.50. The van der Waals surface area contributed by atoms with Crippen molar-refractivity contribution in [3.8, 4) is 5.75 Å². The fourth-order valence-corrected chi connectivity index (χ4v) is 6.10. The van der Waals surface area contributed by atoms with Crippen LogP contribution < -0.4 is 14.4 Å². The van der Waals surface area contributed by atoms with E-state index in [2.05, 4.69) is 35.6 Å². The van der Waals surface area contributed by atoms with Gasteiger partial charge in [-0.05, 0) is 61.2 Å². The first-order valence-electron chi connectivity index (χ1n) is 12.2. The maximum Gasteiger partial charge on any atom is 0.241 e. The molecule has 0 aromatic heterocycles. The number of nitrogens with zero attached hydrogens (tertiary/aromatic N) is 2. The normalized spacial score (nSPS) is 14.9. The fraction of sp³-hybridized carbons (Fsp3) is 0.321. The van der Waals surface area contributed by atoms with E-state index in [0.717, 1.165) is 5.56 Å². The molecule has 37 heavy (non-hydrogen) atoms. The lowest BCUT2D eigenvalue weighted by molar-refractivity contribution is -0.133. The van der Waals surface area contributed by atoms with Crippen LogP contribution in [0.5, 0.6) is 5.75 Å². The highest BCUT2D eigenvalue weighted by Gasteiger charge is 2.32. The van der Waals surface area contributed by atoms with E-state index in [-0.39, 0.29) is 22.2 Å². The molecule has 1 atom stereocenters. The molecule has 7 nitrogen and oxygen atoms in total. The number of hydrogen-bond acceptors (Lipinski definition) is 5. The number of sulfonamides is 1. The van der Waals surface area contributed by atoms with Crippen LogP contribution in [-0.4, -0.2) is 58.6 Å². The minimum Gasteiger partial charge on any atom is -0.495 e. The van der Waals surface area contributed by atoms with Gasteiger partial charge in [-0.1, -0.05) is 54.1 Å². The summed E-state index contributed by atoms with van der Waals surface area (Å²) in [6.45, 7) is 6.57. The Morgan fingerprint density at radius 3 is 2.35 bits per heavy atom. The van der Waals surface area contributed by atoms with Crippen LogP contribution in [-0.2, 0) is 21.2 Å². The quantitative estimate of drug-likeness (QED) is 0.462. The Labute approximate surface area is 224 Å². The molecule has 1 amide bonds. The second-order valence-corrected chi connectivity index (χ2v) is 11.3. The van der Waals surface area contributed by atoms with Gasteiger partial charge in [0, 0.05) is 31.9 Å². The average molecular weight is 542 g/mol. The second kappa shape index (κ2) is 11.5. The van der Waals surface area contributed by atoms with Crippen molar-refractivity contribution in [2.75, 3.05) is 38.2 Å². The number of piperazine rings is 1. The predicted octanol–water partition coefficient (Wildman–Crippen LogP) is 4.20. The van der Waals surface area contributed by atoms with Crippen LogP contribution in [0.3, 0.4) is 0 Å². The first kappa shape index (κ1) is 27.0. The maximum atomic E-state index is 13.7. The molecule has 196 valence electrons. The largest absolute Gasteiger partial charge is 0.495 e. The van der Waals surface area contributed by atoms with Gasteiger partial charge in [0.25, 0.3) is 0 Å². The third kappa shape index (κ3) is 6.26. The molecule has 3 aromatic carbocycles. The summed E-state index contributed by atoms with van der Waals surface area (Å²) in [4.78, 5) is 17.7. The minimum atomic E-state index is -4.02. The smallest absolute Gasteiger partial charge is 0.241 e. The van der Waals surface area contributed by atoms with E-state index in [1.54, 1.807) is 4.90 Å². The van der Waals surface area contributed by atoms with Crippen LogP contribution in [0, 0.1) is 13.8 Å². The highest BCUT2D eigenvalue weighted by Crippen LogP contribution is 2.27. The summed E-state index contributed by atoms with van der Waals surface area (Å²) in [5, 5.41) is 0.180. The summed E-state index contributed by atoms with van der Waals surface area (Å²) in [5.74, 6) is 0.131. The number of aryl methyl sites for hydroxylation is 1. The molecule has 1 saturated heterocycles. The Kier molecular flexibility index (Phi) is 8.42. The van der Waals surface area contributed by atoms with Crippen LogP contribution in [0.4, 0.5) is 5.69 Å². The van der Waals surface area contributed by atoms with Crippen molar-refractivity contribution < 1.29 is 17.9 Å². The van der Waals surface area contributed by atoms with E-state index < -0.39 is 16.1 Å². The third-order valence-corrected chi connectivity index (χ3v) is 8.58. The number of ether oxygens (including phenoxy) is 1. The number of anilines is 1. The number of methoxy groups -OCH3 is 1. The van der Waals surface area contributed by atoms with Crippen molar-refractivity contribution in [2.24, 2.45) is 0 Å². The summed E-state index contributed by atoms with van der Waals surface area (Å²) in [6.07, 6.45) is 0.236. The summed E-state index contributed by atoms with van der Waals surface area (Å²) < 4.78 is 34.4. The molecule has 0 aliphatic carbocycles. The highest BCUT2D eigenvalue weighted by atomic mass is 35.5. The second-order valence-electron chi connectivity index (χ2n) is 9.19. The van der Waals surface area contributed by atoms with Gasteiger partial charge in [-0.15, -0.1) is 0 Å². The number of rotatable bonds is 8. The molecule has 0 bridgehead atoms. The van der Waals surface area contributed by atoms with Gasteiger partial charge >= 0.3 is 0 Å². The number of carbonyl (C=O) groups excluding carboxylic acids is 1. The molecule has 4 rings (SSSR count). The summed E-state index contributed by atoms with van der Waals surface area (Å²) in [7, 11) is -2.56. The van der Waals surface area contributed by atoms with E-state index in [1.807, 2.05) is 36.4 Å². The monoisotopic (exact) mass is 541 g/mol. The molecule has 3 aromatic rings. The third-order valence-electron chi connectivity index (χ3n) is 6.82. The lowest BCUT2D eigenvalue weighted by Gasteiger charge is -2.38. The van der Waals surface area contributed by atoms with E-state index >= 15 is 0 Å². The molecule has 1 heterocycles. The van der Waals surface area contributed by atoms with Crippen molar-refractivity contribution >= 4 is 33.2 Å². The highest BCUT2D eigenvalue weighted by molar-refractivity contribution is 7.89. The zero-order valence-corrected chi connectivity index (χ0v) is 22.8. The fourth-order valence-electron chi connectivity index (χ4n) is 4.57. The van der Waals surface area contributed by atoms with Gasteiger partial charge in [-0.2, -0.15) is 4.72 Å². The van der Waals surface area contributed by atoms with Gasteiger partial charge in [-0.25, -0.2) is 8.42 Å². The van der Waals surface area contributed by atoms with Crippen LogP contribution in [0.2, 0.25) is 5.02 Å². The van der Waals surface area contributed by atoms with Crippen molar-refractivity contribution in [1.29, 1.82) is 0 Å². The molecular formula is C28H32ClN3O4S. The zero-order valence-electron chi connectivity index (χ0n) is 21.3. The molecular weight excluding hydrogens is 510 g/mol. The Morgan fingerprint density at radius 2 is 1.70 bits per heavy atom. The van der Waals surface area contributed by atoms with E-state index in [0.29, 0.717) is 31.9 Å². The predicted molar refractivity (Wildman–Crippen MR) is 147 cm³/mol. The van der Waals surface area contributed by atoms with Crippen molar-refractivity contribution in [3.05, 3.63) is 88.4 Å². The maximum absolute atomic E-state index is 13.7. The number of carbonyl (C=O) groups is 1. The summed E-state index contributed by atoms with van der Waals surface area (Å²) in [6, 6.07) is 18.9. The number of benzene rings is 3. The van der Waals surface area contributed by atoms with Gasteiger partial charge < -0.3 is 14.5 Å². The topological polar surface area (TPSA) is 78.9 Å². The molecule has 1 N–H and O–H groups in total. The van der Waals surface area contributed by atoms with Gasteiger partial charge in [0.1, 0.15) is 11.8 Å². The van der Waals surface area contributed by atoms with Crippen molar-refractivity contribution in [3.63, 3.8) is 0 Å². The first-order valence-corrected chi connectivity index (χ1v) is 14.1. The molecule has 9 heteroatoms. The van der Waals surface area contributed by atoms with Gasteiger partial charge in [0.2, 0.25) is 15.9 Å². The van der Waals surface area contributed by atoms with Gasteiger partial charge in [0.15, 0.2) is 0 Å². The molecule has 0 unspecified atom stereocenters. The number of nitrogens with one attached hydrogen (secondary N) is 1. The Morgan fingerprint density at radius 1 is 1.00 bits per heavy atom. The molecule has 1 aliphatic rings. The van der Waals surface area contributed by atoms with Crippen molar-refractivity contribution in [1.82, 2.24) is 9.62 Å². The van der Waals surface area contributed by atoms with Crippen LogP contribution >= 0.6 is 11.6 Å². The standard InChI is InChI=1S/C28H32ClN3O4S/c1-20-8-7-11-26(21(20)2)31-14-16-32(17-15-31)28(33)25(18-22-9-5-4-6-10-22)30-37(34,35)23-12-13-27(36-3)24(29)19-23/h4-13,19,25,30H,14-18H2,1-3H3/t25-/m0/s1. The Balaban J connectivity index is 1.53. The van der Waals surface area contributed by atoms with Gasteiger partial charge in [-0.3, -0.25) is 4.79 Å². The molecule has 0 saturated carbocycles. The number of hydrogen-bond donors (Lipinski definition) is 1. The lowest BCUT2D eigenvalue weighted by Crippen LogP contribution is -2.55. The van der Waals surface area contributed by atoms with E-state index in [4.69, 9.17) is 16.3 Å².